The highest BCUT2D eigenvalue weighted by Crippen LogP contribution is 2.26. The first-order chi connectivity index (χ1) is 8.48. The highest BCUT2D eigenvalue weighted by atomic mass is 79.9. The zero-order valence-electron chi connectivity index (χ0n) is 11.0. The van der Waals surface area contributed by atoms with E-state index in [1.54, 1.807) is 12.1 Å². The van der Waals surface area contributed by atoms with Gasteiger partial charge in [0.2, 0.25) is 0 Å². The molecule has 0 spiro atoms. The largest absolute Gasteiger partial charge is 0.316 e. The van der Waals surface area contributed by atoms with Crippen molar-refractivity contribution in [2.75, 3.05) is 26.7 Å². The van der Waals surface area contributed by atoms with Crippen LogP contribution in [0.25, 0.3) is 0 Å². The molecule has 0 saturated carbocycles. The Hall–Kier alpha value is -0.450. The fourth-order valence-corrected chi connectivity index (χ4v) is 2.91. The molecule has 1 atom stereocenters. The summed E-state index contributed by atoms with van der Waals surface area (Å²) in [6.07, 6.45) is 1.21. The van der Waals surface area contributed by atoms with Crippen molar-refractivity contribution >= 4 is 15.9 Å². The smallest absolute Gasteiger partial charge is 0.137 e. The molecule has 2 nitrogen and oxygen atoms in total. The molecule has 1 N–H and O–H groups in total. The topological polar surface area (TPSA) is 15.3 Å². The Kier molecular flexibility index (Phi) is 4.41. The third kappa shape index (κ3) is 3.53. The molecule has 0 amide bonds. The summed E-state index contributed by atoms with van der Waals surface area (Å²) >= 11 is 3.18. The minimum absolute atomic E-state index is 0.186. The van der Waals surface area contributed by atoms with Crippen LogP contribution in [0.4, 0.5) is 4.39 Å². The van der Waals surface area contributed by atoms with Gasteiger partial charge in [-0.15, -0.1) is 0 Å². The van der Waals surface area contributed by atoms with Crippen LogP contribution in [-0.4, -0.2) is 31.6 Å². The maximum absolute atomic E-state index is 13.4. The van der Waals surface area contributed by atoms with Crippen molar-refractivity contribution in [1.82, 2.24) is 10.2 Å². The van der Waals surface area contributed by atoms with Gasteiger partial charge in [0, 0.05) is 19.6 Å². The van der Waals surface area contributed by atoms with E-state index >= 15 is 0 Å². The Morgan fingerprint density at radius 1 is 1.50 bits per heavy atom. The molecule has 0 bridgehead atoms. The molecule has 1 heterocycles. The zero-order chi connectivity index (χ0) is 13.2. The van der Waals surface area contributed by atoms with Crippen LogP contribution < -0.4 is 5.32 Å². The predicted molar refractivity (Wildman–Crippen MR) is 76.0 cm³/mol. The fraction of sp³-hybridized carbons (Fsp3) is 0.571. The van der Waals surface area contributed by atoms with Crippen LogP contribution in [0.2, 0.25) is 0 Å². The van der Waals surface area contributed by atoms with Gasteiger partial charge in [-0.25, -0.2) is 4.39 Å². The number of nitrogens with zero attached hydrogens (tertiary/aromatic N) is 1. The summed E-state index contributed by atoms with van der Waals surface area (Å²) in [5.74, 6) is -0.186. The quantitative estimate of drug-likeness (QED) is 0.919. The molecule has 1 aromatic rings. The summed E-state index contributed by atoms with van der Waals surface area (Å²) < 4.78 is 14.0. The minimum atomic E-state index is -0.186. The molecular formula is C14H20BrFN2. The van der Waals surface area contributed by atoms with Gasteiger partial charge in [0.25, 0.3) is 0 Å². The molecule has 0 aliphatic carbocycles. The summed E-state index contributed by atoms with van der Waals surface area (Å²) in [6, 6.07) is 5.35. The van der Waals surface area contributed by atoms with Crippen LogP contribution in [-0.2, 0) is 6.54 Å². The van der Waals surface area contributed by atoms with E-state index in [9.17, 15) is 4.39 Å². The van der Waals surface area contributed by atoms with Crippen molar-refractivity contribution in [2.24, 2.45) is 5.41 Å². The fourth-order valence-electron chi connectivity index (χ4n) is 2.66. The van der Waals surface area contributed by atoms with Crippen molar-refractivity contribution in [1.29, 1.82) is 0 Å². The number of hydrogen-bond acceptors (Lipinski definition) is 2. The lowest BCUT2D eigenvalue weighted by Crippen LogP contribution is -2.34. The van der Waals surface area contributed by atoms with Gasteiger partial charge in [-0.2, -0.15) is 0 Å². The van der Waals surface area contributed by atoms with Crippen LogP contribution in [0.5, 0.6) is 0 Å². The second-order valence-corrected chi connectivity index (χ2v) is 6.51. The second kappa shape index (κ2) is 5.68. The first kappa shape index (κ1) is 14.0. The van der Waals surface area contributed by atoms with Gasteiger partial charge in [-0.1, -0.05) is 13.0 Å². The highest BCUT2D eigenvalue weighted by molar-refractivity contribution is 9.10. The van der Waals surface area contributed by atoms with Gasteiger partial charge in [0.05, 0.1) is 4.47 Å². The SMILES string of the molecule is CN(Cc1ccc(Br)c(F)c1)CC1(C)CCNC1. The number of hydrogen-bond donors (Lipinski definition) is 1. The third-order valence-electron chi connectivity index (χ3n) is 3.55. The van der Waals surface area contributed by atoms with Crippen molar-refractivity contribution in [3.8, 4) is 0 Å². The Balaban J connectivity index is 1.94. The molecule has 1 aromatic carbocycles. The van der Waals surface area contributed by atoms with Crippen LogP contribution in [0.15, 0.2) is 22.7 Å². The van der Waals surface area contributed by atoms with Crippen molar-refractivity contribution in [2.45, 2.75) is 19.9 Å². The number of halogens is 2. The number of benzene rings is 1. The summed E-state index contributed by atoms with van der Waals surface area (Å²) in [5, 5.41) is 3.41. The molecule has 0 radical (unpaired) electrons. The molecule has 1 fully saturated rings. The average Bonchev–Trinajstić information content (AvgIpc) is 2.70. The van der Waals surface area contributed by atoms with Gasteiger partial charge < -0.3 is 10.2 Å². The first-order valence-electron chi connectivity index (χ1n) is 6.32. The Labute approximate surface area is 117 Å². The van der Waals surface area contributed by atoms with Crippen molar-refractivity contribution in [3.63, 3.8) is 0 Å². The lowest BCUT2D eigenvalue weighted by Gasteiger charge is -2.29. The molecular weight excluding hydrogens is 295 g/mol. The van der Waals surface area contributed by atoms with E-state index in [-0.39, 0.29) is 5.82 Å². The zero-order valence-corrected chi connectivity index (χ0v) is 12.6. The summed E-state index contributed by atoms with van der Waals surface area (Å²) in [4.78, 5) is 2.27. The lowest BCUT2D eigenvalue weighted by molar-refractivity contribution is 0.203. The van der Waals surface area contributed by atoms with Gasteiger partial charge in [-0.05, 0) is 59.1 Å². The second-order valence-electron chi connectivity index (χ2n) is 5.66. The van der Waals surface area contributed by atoms with E-state index in [4.69, 9.17) is 0 Å². The molecule has 100 valence electrons. The molecule has 1 unspecified atom stereocenters. The normalized spacial score (nSPS) is 23.8. The van der Waals surface area contributed by atoms with E-state index in [0.717, 1.165) is 31.7 Å². The van der Waals surface area contributed by atoms with Crippen LogP contribution >= 0.6 is 15.9 Å². The predicted octanol–water partition coefficient (Wildman–Crippen LogP) is 3.02. The molecule has 1 aliphatic heterocycles. The molecule has 1 aliphatic rings. The van der Waals surface area contributed by atoms with E-state index in [1.165, 1.54) is 6.42 Å². The summed E-state index contributed by atoms with van der Waals surface area (Å²) in [7, 11) is 2.10. The van der Waals surface area contributed by atoms with E-state index in [1.807, 2.05) is 6.07 Å². The third-order valence-corrected chi connectivity index (χ3v) is 4.19. The Morgan fingerprint density at radius 2 is 2.28 bits per heavy atom. The molecule has 2 rings (SSSR count). The average molecular weight is 315 g/mol. The maximum atomic E-state index is 13.4. The first-order valence-corrected chi connectivity index (χ1v) is 7.11. The standard InChI is InChI=1S/C14H20BrFN2/c1-14(5-6-17-9-14)10-18(2)8-11-3-4-12(15)13(16)7-11/h3-4,7,17H,5-6,8-10H2,1-2H3. The Morgan fingerprint density at radius 3 is 2.89 bits per heavy atom. The monoisotopic (exact) mass is 314 g/mol. The molecule has 0 aromatic heterocycles. The van der Waals surface area contributed by atoms with Gasteiger partial charge >= 0.3 is 0 Å². The van der Waals surface area contributed by atoms with Crippen LogP contribution in [0, 0.1) is 11.2 Å². The minimum Gasteiger partial charge on any atom is -0.316 e. The van der Waals surface area contributed by atoms with E-state index in [2.05, 4.69) is 40.1 Å². The molecule has 1 saturated heterocycles. The van der Waals surface area contributed by atoms with Crippen LogP contribution in [0.3, 0.4) is 0 Å². The lowest BCUT2D eigenvalue weighted by atomic mass is 9.89. The van der Waals surface area contributed by atoms with Gasteiger partial charge in [0.1, 0.15) is 5.82 Å². The van der Waals surface area contributed by atoms with Crippen LogP contribution in [0.1, 0.15) is 18.9 Å². The maximum Gasteiger partial charge on any atom is 0.137 e. The van der Waals surface area contributed by atoms with Crippen molar-refractivity contribution < 1.29 is 4.39 Å². The number of nitrogens with one attached hydrogen (secondary N) is 1. The molecule has 18 heavy (non-hydrogen) atoms. The van der Waals surface area contributed by atoms with Gasteiger partial charge in [0.15, 0.2) is 0 Å². The Bertz CT molecular complexity index is 416. The van der Waals surface area contributed by atoms with E-state index in [0.29, 0.717) is 9.89 Å². The van der Waals surface area contributed by atoms with E-state index < -0.39 is 0 Å². The van der Waals surface area contributed by atoms with Gasteiger partial charge in [-0.3, -0.25) is 0 Å². The molecule has 4 heteroatoms. The summed E-state index contributed by atoms with van der Waals surface area (Å²) in [5.41, 5.74) is 1.37. The summed E-state index contributed by atoms with van der Waals surface area (Å²) in [6.45, 7) is 6.33. The number of rotatable bonds is 4. The highest BCUT2D eigenvalue weighted by Gasteiger charge is 2.29. The van der Waals surface area contributed by atoms with Crippen molar-refractivity contribution in [3.05, 3.63) is 34.1 Å².